The van der Waals surface area contributed by atoms with E-state index in [4.69, 9.17) is 4.74 Å². The number of nitrogens with zero attached hydrogens (tertiary/aromatic N) is 2. The zero-order valence-electron chi connectivity index (χ0n) is 15.3. The second-order valence-corrected chi connectivity index (χ2v) is 7.32. The Morgan fingerprint density at radius 1 is 1.20 bits per heavy atom. The van der Waals surface area contributed by atoms with Crippen molar-refractivity contribution < 1.29 is 13.9 Å². The zero-order chi connectivity index (χ0) is 17.9. The highest BCUT2D eigenvalue weighted by atomic mass is 19.1. The molecule has 1 atom stereocenters. The lowest BCUT2D eigenvalue weighted by Gasteiger charge is -2.36. The van der Waals surface area contributed by atoms with Crippen LogP contribution in [0, 0.1) is 11.2 Å². The molecule has 1 aromatic rings. The maximum Gasteiger partial charge on any atom is 0.312 e. The maximum atomic E-state index is 13.4. The van der Waals surface area contributed by atoms with Crippen LogP contribution in [0.5, 0.6) is 0 Å². The van der Waals surface area contributed by atoms with Crippen molar-refractivity contribution in [2.24, 2.45) is 5.41 Å². The Kier molecular flexibility index (Phi) is 5.62. The van der Waals surface area contributed by atoms with Crippen molar-refractivity contribution in [3.05, 3.63) is 30.1 Å². The zero-order valence-corrected chi connectivity index (χ0v) is 15.3. The van der Waals surface area contributed by atoms with E-state index in [1.807, 2.05) is 6.07 Å². The lowest BCUT2D eigenvalue weighted by atomic mass is 9.79. The van der Waals surface area contributed by atoms with E-state index in [1.165, 1.54) is 6.07 Å². The Morgan fingerprint density at radius 3 is 2.52 bits per heavy atom. The van der Waals surface area contributed by atoms with E-state index >= 15 is 0 Å². The molecule has 2 aliphatic rings. The molecule has 0 radical (unpaired) electrons. The number of benzene rings is 1. The van der Waals surface area contributed by atoms with Gasteiger partial charge in [0.1, 0.15) is 11.9 Å². The van der Waals surface area contributed by atoms with Crippen molar-refractivity contribution in [1.82, 2.24) is 4.90 Å². The lowest BCUT2D eigenvalue weighted by Crippen LogP contribution is -2.47. The van der Waals surface area contributed by atoms with Crippen molar-refractivity contribution >= 4 is 11.7 Å². The van der Waals surface area contributed by atoms with Crippen LogP contribution in [-0.4, -0.2) is 49.7 Å². The van der Waals surface area contributed by atoms with Crippen LogP contribution in [0.15, 0.2) is 24.3 Å². The quantitative estimate of drug-likeness (QED) is 0.737. The molecule has 4 nitrogen and oxygen atoms in total. The number of rotatable bonds is 6. The molecule has 2 aliphatic heterocycles. The van der Waals surface area contributed by atoms with Gasteiger partial charge in [-0.05, 0) is 37.5 Å². The normalized spacial score (nSPS) is 23.7. The van der Waals surface area contributed by atoms with Gasteiger partial charge in [0.2, 0.25) is 0 Å². The number of cyclic esters (lactones) is 1. The van der Waals surface area contributed by atoms with E-state index in [0.717, 1.165) is 64.1 Å². The number of hydrogen-bond donors (Lipinski definition) is 0. The number of ether oxygens (including phenoxy) is 1. The van der Waals surface area contributed by atoms with Crippen LogP contribution >= 0.6 is 0 Å². The molecule has 0 aliphatic carbocycles. The summed E-state index contributed by atoms with van der Waals surface area (Å²) in [5, 5.41) is 0. The first-order valence-corrected chi connectivity index (χ1v) is 9.50. The molecule has 0 bridgehead atoms. The van der Waals surface area contributed by atoms with Crippen LogP contribution in [0.3, 0.4) is 0 Å². The third kappa shape index (κ3) is 3.97. The minimum atomic E-state index is -0.249. The minimum absolute atomic E-state index is 0.00146. The molecule has 0 N–H and O–H groups in total. The van der Waals surface area contributed by atoms with Gasteiger partial charge in [0.05, 0.1) is 5.41 Å². The predicted octanol–water partition coefficient (Wildman–Crippen LogP) is 3.46. The Bertz CT molecular complexity index is 595. The monoisotopic (exact) mass is 348 g/mol. The Hall–Kier alpha value is -1.62. The van der Waals surface area contributed by atoms with Gasteiger partial charge < -0.3 is 9.64 Å². The van der Waals surface area contributed by atoms with Gasteiger partial charge in [-0.15, -0.1) is 0 Å². The fraction of sp³-hybridized carbons (Fsp3) is 0.650. The second kappa shape index (κ2) is 7.73. The van der Waals surface area contributed by atoms with Gasteiger partial charge in [0.15, 0.2) is 0 Å². The van der Waals surface area contributed by atoms with Crippen LogP contribution in [0.4, 0.5) is 10.1 Å². The molecule has 2 heterocycles. The van der Waals surface area contributed by atoms with Crippen LogP contribution in [0.25, 0.3) is 0 Å². The average molecular weight is 348 g/mol. The second-order valence-electron chi connectivity index (χ2n) is 7.32. The molecule has 0 aromatic heterocycles. The van der Waals surface area contributed by atoms with Crippen molar-refractivity contribution in [3.63, 3.8) is 0 Å². The minimum Gasteiger partial charge on any atom is -0.462 e. The van der Waals surface area contributed by atoms with Crippen LogP contribution in [0.2, 0.25) is 0 Å². The number of anilines is 1. The van der Waals surface area contributed by atoms with Gasteiger partial charge in [0, 0.05) is 44.8 Å². The third-order valence-corrected chi connectivity index (χ3v) is 5.99. The van der Waals surface area contributed by atoms with E-state index in [-0.39, 0.29) is 23.3 Å². The summed E-state index contributed by atoms with van der Waals surface area (Å²) in [6, 6.07) is 6.81. The molecule has 138 valence electrons. The number of carbonyl (C=O) groups excluding carboxylic acids is 1. The maximum absolute atomic E-state index is 13.4. The summed E-state index contributed by atoms with van der Waals surface area (Å²) in [6.07, 6.45) is 3.57. The number of esters is 1. The van der Waals surface area contributed by atoms with Gasteiger partial charge >= 0.3 is 5.97 Å². The smallest absolute Gasteiger partial charge is 0.312 e. The molecule has 0 saturated carbocycles. The fourth-order valence-corrected chi connectivity index (χ4v) is 4.05. The molecule has 1 unspecified atom stereocenters. The van der Waals surface area contributed by atoms with Crippen LogP contribution in [0.1, 0.15) is 39.5 Å². The molecule has 5 heteroatoms. The Labute approximate surface area is 149 Å². The van der Waals surface area contributed by atoms with Gasteiger partial charge in [0.25, 0.3) is 0 Å². The highest BCUT2D eigenvalue weighted by molar-refractivity contribution is 5.78. The van der Waals surface area contributed by atoms with Gasteiger partial charge in [-0.1, -0.05) is 19.9 Å². The number of hydrogen-bond acceptors (Lipinski definition) is 4. The summed E-state index contributed by atoms with van der Waals surface area (Å²) in [6.45, 7) is 8.85. The predicted molar refractivity (Wildman–Crippen MR) is 97.2 cm³/mol. The summed E-state index contributed by atoms with van der Waals surface area (Å²) in [5.41, 5.74) is 0.709. The molecular formula is C20H29FN2O2. The van der Waals surface area contributed by atoms with Crippen molar-refractivity contribution in [2.75, 3.05) is 37.6 Å². The standard InChI is InChI=1S/C20H29FN2O2/c1-3-20(4-2)15-18(25-19(20)24)8-9-22-10-12-23(13-11-22)17-7-5-6-16(21)14-17/h5-7,14,18H,3-4,8-13,15H2,1-2H3. The van der Waals surface area contributed by atoms with E-state index in [0.29, 0.717) is 0 Å². The van der Waals surface area contributed by atoms with Crippen LogP contribution < -0.4 is 4.90 Å². The molecule has 0 amide bonds. The molecule has 1 aromatic carbocycles. The molecule has 2 saturated heterocycles. The summed E-state index contributed by atoms with van der Waals surface area (Å²) in [5.74, 6) is -0.184. The van der Waals surface area contributed by atoms with E-state index in [2.05, 4.69) is 23.6 Å². The first-order chi connectivity index (χ1) is 12.1. The highest BCUT2D eigenvalue weighted by Crippen LogP contribution is 2.41. The van der Waals surface area contributed by atoms with E-state index in [1.54, 1.807) is 12.1 Å². The Balaban J connectivity index is 1.45. The fourth-order valence-electron chi connectivity index (χ4n) is 4.05. The Morgan fingerprint density at radius 2 is 1.92 bits per heavy atom. The SMILES string of the molecule is CCC1(CC)CC(CCN2CCN(c3cccc(F)c3)CC2)OC1=O. The lowest BCUT2D eigenvalue weighted by molar-refractivity contribution is -0.149. The average Bonchev–Trinajstić information content (AvgIpc) is 2.96. The van der Waals surface area contributed by atoms with Gasteiger partial charge in [-0.2, -0.15) is 0 Å². The van der Waals surface area contributed by atoms with Gasteiger partial charge in [-0.3, -0.25) is 9.69 Å². The summed E-state index contributed by atoms with van der Waals surface area (Å²) in [7, 11) is 0. The molecule has 3 rings (SSSR count). The van der Waals surface area contributed by atoms with Crippen molar-refractivity contribution in [3.8, 4) is 0 Å². The summed E-state index contributed by atoms with van der Waals surface area (Å²) >= 11 is 0. The van der Waals surface area contributed by atoms with E-state index in [9.17, 15) is 9.18 Å². The number of piperazine rings is 1. The summed E-state index contributed by atoms with van der Waals surface area (Å²) < 4.78 is 19.0. The first kappa shape index (κ1) is 18.2. The summed E-state index contributed by atoms with van der Waals surface area (Å²) in [4.78, 5) is 16.8. The molecule has 25 heavy (non-hydrogen) atoms. The topological polar surface area (TPSA) is 32.8 Å². The van der Waals surface area contributed by atoms with Crippen LogP contribution in [-0.2, 0) is 9.53 Å². The van der Waals surface area contributed by atoms with Crippen molar-refractivity contribution in [2.45, 2.75) is 45.6 Å². The largest absolute Gasteiger partial charge is 0.462 e. The molecule has 2 fully saturated rings. The number of halogens is 1. The first-order valence-electron chi connectivity index (χ1n) is 9.50. The van der Waals surface area contributed by atoms with E-state index < -0.39 is 0 Å². The molecule has 0 spiro atoms. The van der Waals surface area contributed by atoms with Gasteiger partial charge in [-0.25, -0.2) is 4.39 Å². The third-order valence-electron chi connectivity index (χ3n) is 5.99. The number of carbonyl (C=O) groups is 1. The highest BCUT2D eigenvalue weighted by Gasteiger charge is 2.46. The molecular weight excluding hydrogens is 319 g/mol. The van der Waals surface area contributed by atoms with Crippen molar-refractivity contribution in [1.29, 1.82) is 0 Å².